The highest BCUT2D eigenvalue weighted by molar-refractivity contribution is 7.80. The maximum Gasteiger partial charge on any atom is 0.225 e. The van der Waals surface area contributed by atoms with Crippen LogP contribution in [-0.2, 0) is 4.79 Å². The van der Waals surface area contributed by atoms with E-state index in [1.807, 2.05) is 6.92 Å². The average molecular weight is 230 g/mol. The van der Waals surface area contributed by atoms with Crippen LogP contribution in [0.2, 0.25) is 0 Å². The summed E-state index contributed by atoms with van der Waals surface area (Å²) in [6.07, 6.45) is 4.09. The van der Waals surface area contributed by atoms with Crippen molar-refractivity contribution in [3.8, 4) is 0 Å². The molecule has 3 nitrogen and oxygen atoms in total. The fourth-order valence-corrected chi connectivity index (χ4v) is 1.77. The van der Waals surface area contributed by atoms with Crippen LogP contribution in [0.5, 0.6) is 0 Å². The monoisotopic (exact) mass is 230 g/mol. The molecule has 0 aliphatic rings. The molecule has 0 bridgehead atoms. The number of hydrogen-bond donors (Lipinski definition) is 1. The molecule has 1 amide bonds. The van der Waals surface area contributed by atoms with E-state index in [1.165, 1.54) is 0 Å². The van der Waals surface area contributed by atoms with Crippen LogP contribution in [-0.4, -0.2) is 29.4 Å². The van der Waals surface area contributed by atoms with Crippen molar-refractivity contribution in [2.24, 2.45) is 11.7 Å². The molecule has 15 heavy (non-hydrogen) atoms. The molecule has 0 spiro atoms. The SMILES string of the molecule is CCCCC(CC)C(=O)N(C)CC(N)=S. The summed E-state index contributed by atoms with van der Waals surface area (Å²) in [5.41, 5.74) is 5.41. The second-order valence-corrected chi connectivity index (χ2v) is 4.43. The third-order valence-electron chi connectivity index (χ3n) is 2.52. The summed E-state index contributed by atoms with van der Waals surface area (Å²) in [5, 5.41) is 0. The predicted molar refractivity (Wildman–Crippen MR) is 67.7 cm³/mol. The lowest BCUT2D eigenvalue weighted by atomic mass is 9.98. The van der Waals surface area contributed by atoms with Crippen molar-refractivity contribution >= 4 is 23.1 Å². The number of carbonyl (C=O) groups is 1. The summed E-state index contributed by atoms with van der Waals surface area (Å²) in [4.78, 5) is 13.9. The number of thiocarbonyl (C=S) groups is 1. The van der Waals surface area contributed by atoms with Crippen LogP contribution in [0.1, 0.15) is 39.5 Å². The van der Waals surface area contributed by atoms with Crippen LogP contribution >= 0.6 is 12.2 Å². The van der Waals surface area contributed by atoms with Crippen LogP contribution in [0, 0.1) is 5.92 Å². The van der Waals surface area contributed by atoms with E-state index in [9.17, 15) is 4.79 Å². The molecule has 0 saturated carbocycles. The van der Waals surface area contributed by atoms with Gasteiger partial charge in [-0.05, 0) is 12.8 Å². The summed E-state index contributed by atoms with van der Waals surface area (Å²) in [6, 6.07) is 0. The van der Waals surface area contributed by atoms with Gasteiger partial charge in [0.15, 0.2) is 0 Å². The molecule has 4 heteroatoms. The van der Waals surface area contributed by atoms with E-state index >= 15 is 0 Å². The molecule has 0 aliphatic carbocycles. The quantitative estimate of drug-likeness (QED) is 0.680. The van der Waals surface area contributed by atoms with Gasteiger partial charge in [0.05, 0.1) is 11.5 Å². The summed E-state index contributed by atoms with van der Waals surface area (Å²) in [7, 11) is 1.76. The van der Waals surface area contributed by atoms with Crippen molar-refractivity contribution in [1.29, 1.82) is 0 Å². The van der Waals surface area contributed by atoms with Crippen LogP contribution < -0.4 is 5.73 Å². The molecular weight excluding hydrogens is 208 g/mol. The van der Waals surface area contributed by atoms with Crippen LogP contribution in [0.25, 0.3) is 0 Å². The van der Waals surface area contributed by atoms with Gasteiger partial charge in [0.2, 0.25) is 5.91 Å². The largest absolute Gasteiger partial charge is 0.392 e. The number of amides is 1. The summed E-state index contributed by atoms with van der Waals surface area (Å²) in [6.45, 7) is 4.57. The van der Waals surface area contributed by atoms with Gasteiger partial charge >= 0.3 is 0 Å². The topological polar surface area (TPSA) is 46.3 Å². The Balaban J connectivity index is 4.17. The van der Waals surface area contributed by atoms with Gasteiger partial charge in [0, 0.05) is 13.0 Å². The number of unbranched alkanes of at least 4 members (excludes halogenated alkanes) is 1. The molecule has 0 radical (unpaired) electrons. The van der Waals surface area contributed by atoms with Gasteiger partial charge in [-0.3, -0.25) is 4.79 Å². The standard InChI is InChI=1S/C11H22N2OS/c1-4-6-7-9(5-2)11(14)13(3)8-10(12)15/h9H,4-8H2,1-3H3,(H2,12,15). The Kier molecular flexibility index (Phi) is 7.30. The molecule has 0 aliphatic heterocycles. The van der Waals surface area contributed by atoms with Crippen molar-refractivity contribution in [1.82, 2.24) is 4.90 Å². The zero-order chi connectivity index (χ0) is 11.8. The number of nitrogens with zero attached hydrogens (tertiary/aromatic N) is 1. The summed E-state index contributed by atoms with van der Waals surface area (Å²) in [5.74, 6) is 0.294. The highest BCUT2D eigenvalue weighted by atomic mass is 32.1. The minimum Gasteiger partial charge on any atom is -0.392 e. The molecular formula is C11H22N2OS. The van der Waals surface area contributed by atoms with Crippen LogP contribution in [0.3, 0.4) is 0 Å². The Hall–Kier alpha value is -0.640. The van der Waals surface area contributed by atoms with Crippen molar-refractivity contribution < 1.29 is 4.79 Å². The predicted octanol–water partition coefficient (Wildman–Crippen LogP) is 1.95. The fourth-order valence-electron chi connectivity index (χ4n) is 1.58. The lowest BCUT2D eigenvalue weighted by molar-refractivity contribution is -0.133. The van der Waals surface area contributed by atoms with E-state index in [-0.39, 0.29) is 11.8 Å². The van der Waals surface area contributed by atoms with Crippen LogP contribution in [0.15, 0.2) is 0 Å². The molecule has 88 valence electrons. The first-order chi connectivity index (χ1) is 7.02. The molecule has 0 saturated heterocycles. The molecule has 0 heterocycles. The second kappa shape index (κ2) is 7.63. The first-order valence-electron chi connectivity index (χ1n) is 5.56. The first kappa shape index (κ1) is 14.4. The Morgan fingerprint density at radius 3 is 2.47 bits per heavy atom. The van der Waals surface area contributed by atoms with Crippen molar-refractivity contribution in [2.75, 3.05) is 13.6 Å². The number of hydrogen-bond acceptors (Lipinski definition) is 2. The Morgan fingerprint density at radius 2 is 2.07 bits per heavy atom. The third kappa shape index (κ3) is 5.72. The Morgan fingerprint density at radius 1 is 1.47 bits per heavy atom. The molecule has 0 aromatic rings. The number of carbonyl (C=O) groups excluding carboxylic acids is 1. The Labute approximate surface area is 98.0 Å². The van der Waals surface area contributed by atoms with E-state index in [0.717, 1.165) is 25.7 Å². The minimum atomic E-state index is 0.129. The molecule has 0 aromatic carbocycles. The van der Waals surface area contributed by atoms with Crippen LogP contribution in [0.4, 0.5) is 0 Å². The van der Waals surface area contributed by atoms with Gasteiger partial charge in [-0.15, -0.1) is 0 Å². The molecule has 1 unspecified atom stereocenters. The highest BCUT2D eigenvalue weighted by Crippen LogP contribution is 2.14. The van der Waals surface area contributed by atoms with E-state index in [1.54, 1.807) is 11.9 Å². The molecule has 1 atom stereocenters. The van der Waals surface area contributed by atoms with Crippen molar-refractivity contribution in [2.45, 2.75) is 39.5 Å². The van der Waals surface area contributed by atoms with Gasteiger partial charge in [-0.1, -0.05) is 38.9 Å². The van der Waals surface area contributed by atoms with E-state index in [2.05, 4.69) is 6.92 Å². The minimum absolute atomic E-state index is 0.129. The first-order valence-corrected chi connectivity index (χ1v) is 5.97. The van der Waals surface area contributed by atoms with E-state index in [4.69, 9.17) is 18.0 Å². The van der Waals surface area contributed by atoms with Crippen molar-refractivity contribution in [3.05, 3.63) is 0 Å². The van der Waals surface area contributed by atoms with E-state index in [0.29, 0.717) is 11.5 Å². The normalized spacial score (nSPS) is 12.2. The van der Waals surface area contributed by atoms with Gasteiger partial charge in [-0.2, -0.15) is 0 Å². The fraction of sp³-hybridized carbons (Fsp3) is 0.818. The lowest BCUT2D eigenvalue weighted by Gasteiger charge is -2.22. The number of likely N-dealkylation sites (N-methyl/N-ethyl adjacent to an activating group) is 1. The third-order valence-corrected chi connectivity index (χ3v) is 2.65. The molecule has 0 rings (SSSR count). The molecule has 2 N–H and O–H groups in total. The second-order valence-electron chi connectivity index (χ2n) is 3.91. The summed E-state index contributed by atoms with van der Waals surface area (Å²) < 4.78 is 0. The Bertz CT molecular complexity index is 219. The zero-order valence-corrected chi connectivity index (χ0v) is 10.8. The van der Waals surface area contributed by atoms with Crippen molar-refractivity contribution in [3.63, 3.8) is 0 Å². The maximum absolute atomic E-state index is 11.9. The number of nitrogens with two attached hydrogens (primary N) is 1. The van der Waals surface area contributed by atoms with Gasteiger partial charge < -0.3 is 10.6 Å². The zero-order valence-electron chi connectivity index (χ0n) is 9.95. The highest BCUT2D eigenvalue weighted by Gasteiger charge is 2.19. The smallest absolute Gasteiger partial charge is 0.225 e. The number of rotatable bonds is 7. The summed E-state index contributed by atoms with van der Waals surface area (Å²) >= 11 is 4.79. The van der Waals surface area contributed by atoms with E-state index < -0.39 is 0 Å². The van der Waals surface area contributed by atoms with Gasteiger partial charge in [-0.25, -0.2) is 0 Å². The van der Waals surface area contributed by atoms with Gasteiger partial charge in [0.1, 0.15) is 0 Å². The van der Waals surface area contributed by atoms with Gasteiger partial charge in [0.25, 0.3) is 0 Å². The molecule has 0 fully saturated rings. The maximum atomic E-state index is 11.9. The molecule has 0 aromatic heterocycles. The average Bonchev–Trinajstić information content (AvgIpc) is 2.17. The lowest BCUT2D eigenvalue weighted by Crippen LogP contribution is -2.38.